The molecule has 0 atom stereocenters. The molecule has 2 aromatic carbocycles. The van der Waals surface area contributed by atoms with Gasteiger partial charge in [-0.15, -0.1) is 0 Å². The number of anilines is 2. The molecule has 0 saturated heterocycles. The number of halogens is 2. The van der Waals surface area contributed by atoms with Crippen molar-refractivity contribution in [2.24, 2.45) is 0 Å². The van der Waals surface area contributed by atoms with E-state index in [0.717, 1.165) is 30.1 Å². The van der Waals surface area contributed by atoms with Crippen LogP contribution in [0.25, 0.3) is 0 Å². The number of aliphatic carboxylic acids is 1. The normalized spacial score (nSPS) is 12.8. The molecule has 0 saturated carbocycles. The fourth-order valence-corrected chi connectivity index (χ4v) is 4.42. The minimum Gasteiger partial charge on any atom is -0.481 e. The zero-order valence-corrected chi connectivity index (χ0v) is 14.8. The van der Waals surface area contributed by atoms with E-state index in [2.05, 4.69) is 48.9 Å². The van der Waals surface area contributed by atoms with Crippen molar-refractivity contribution >= 4 is 61.0 Å². The van der Waals surface area contributed by atoms with Gasteiger partial charge in [-0.1, -0.05) is 23.9 Å². The van der Waals surface area contributed by atoms with E-state index in [1.807, 2.05) is 24.3 Å². The Labute approximate surface area is 143 Å². The van der Waals surface area contributed by atoms with Crippen LogP contribution in [0, 0.1) is 0 Å². The summed E-state index contributed by atoms with van der Waals surface area (Å²) in [5, 5.41) is 9.01. The first-order chi connectivity index (χ1) is 10.1. The Balaban J connectivity index is 2.12. The molecule has 2 aromatic rings. The molecule has 0 bridgehead atoms. The van der Waals surface area contributed by atoms with Crippen LogP contribution >= 0.6 is 43.6 Å². The van der Waals surface area contributed by atoms with Crippen molar-refractivity contribution in [2.75, 3.05) is 11.4 Å². The molecule has 3 rings (SSSR count). The number of rotatable bonds is 3. The van der Waals surface area contributed by atoms with E-state index >= 15 is 0 Å². The summed E-state index contributed by atoms with van der Waals surface area (Å²) in [6.07, 6.45) is 0.0946. The van der Waals surface area contributed by atoms with Crippen molar-refractivity contribution in [3.8, 4) is 0 Å². The lowest BCUT2D eigenvalue weighted by Crippen LogP contribution is -2.24. The fourth-order valence-electron chi connectivity index (χ4n) is 2.30. The van der Waals surface area contributed by atoms with E-state index in [0.29, 0.717) is 6.54 Å². The number of hydrogen-bond acceptors (Lipinski definition) is 3. The summed E-state index contributed by atoms with van der Waals surface area (Å²) >= 11 is 8.84. The first-order valence-electron chi connectivity index (χ1n) is 6.32. The Morgan fingerprint density at radius 1 is 1.14 bits per heavy atom. The molecule has 1 aliphatic heterocycles. The van der Waals surface area contributed by atoms with E-state index in [1.165, 1.54) is 0 Å². The highest BCUT2D eigenvalue weighted by molar-refractivity contribution is 9.13. The molecule has 0 radical (unpaired) electrons. The average Bonchev–Trinajstić information content (AvgIpc) is 2.47. The van der Waals surface area contributed by atoms with E-state index in [-0.39, 0.29) is 6.42 Å². The lowest BCUT2D eigenvalue weighted by molar-refractivity contribution is -0.136. The monoisotopic (exact) mass is 427 g/mol. The third-order valence-corrected chi connectivity index (χ3v) is 6.34. The number of carboxylic acid groups (broad SMARTS) is 1. The van der Waals surface area contributed by atoms with Gasteiger partial charge in [-0.05, 0) is 56.1 Å². The summed E-state index contributed by atoms with van der Waals surface area (Å²) < 4.78 is 1.91. The van der Waals surface area contributed by atoms with E-state index in [4.69, 9.17) is 5.11 Å². The first-order valence-corrected chi connectivity index (χ1v) is 8.72. The second-order valence-electron chi connectivity index (χ2n) is 4.57. The lowest BCUT2D eigenvalue weighted by atomic mass is 10.2. The van der Waals surface area contributed by atoms with Gasteiger partial charge in [0.15, 0.2) is 0 Å². The minimum absolute atomic E-state index is 0.0946. The number of carbonyl (C=O) groups is 1. The van der Waals surface area contributed by atoms with Crippen LogP contribution in [0.15, 0.2) is 55.1 Å². The van der Waals surface area contributed by atoms with Gasteiger partial charge in [0, 0.05) is 20.8 Å². The van der Waals surface area contributed by atoms with E-state index < -0.39 is 5.97 Å². The van der Waals surface area contributed by atoms with Crippen LogP contribution in [0.1, 0.15) is 6.42 Å². The molecule has 6 heteroatoms. The predicted octanol–water partition coefficient (Wildman–Crippen LogP) is 5.29. The van der Waals surface area contributed by atoms with Gasteiger partial charge in [0.05, 0.1) is 22.3 Å². The Morgan fingerprint density at radius 2 is 1.90 bits per heavy atom. The molecule has 0 spiro atoms. The van der Waals surface area contributed by atoms with Crippen molar-refractivity contribution in [3.05, 3.63) is 45.3 Å². The zero-order chi connectivity index (χ0) is 15.0. The van der Waals surface area contributed by atoms with Crippen molar-refractivity contribution in [1.82, 2.24) is 0 Å². The third kappa shape index (κ3) is 2.84. The van der Waals surface area contributed by atoms with E-state index in [1.54, 1.807) is 11.8 Å². The number of fused-ring (bicyclic) bond motifs is 2. The van der Waals surface area contributed by atoms with Gasteiger partial charge in [0.2, 0.25) is 0 Å². The molecule has 21 heavy (non-hydrogen) atoms. The minimum atomic E-state index is -0.793. The van der Waals surface area contributed by atoms with Crippen LogP contribution in [0.3, 0.4) is 0 Å². The molecular formula is C15H11Br2NO2S. The molecule has 108 valence electrons. The summed E-state index contributed by atoms with van der Waals surface area (Å²) in [4.78, 5) is 15.3. The summed E-state index contributed by atoms with van der Waals surface area (Å²) in [5.74, 6) is -0.793. The topological polar surface area (TPSA) is 40.5 Å². The largest absolute Gasteiger partial charge is 0.481 e. The predicted molar refractivity (Wildman–Crippen MR) is 91.7 cm³/mol. The summed E-state index contributed by atoms with van der Waals surface area (Å²) in [6, 6.07) is 12.1. The van der Waals surface area contributed by atoms with Gasteiger partial charge in [0.25, 0.3) is 0 Å². The lowest BCUT2D eigenvalue weighted by Gasteiger charge is -2.33. The van der Waals surface area contributed by atoms with Crippen LogP contribution in [0.5, 0.6) is 0 Å². The van der Waals surface area contributed by atoms with Gasteiger partial charge in [-0.3, -0.25) is 4.79 Å². The first kappa shape index (κ1) is 14.9. The van der Waals surface area contributed by atoms with Gasteiger partial charge in [0.1, 0.15) is 0 Å². The molecule has 0 aliphatic carbocycles. The van der Waals surface area contributed by atoms with Crippen molar-refractivity contribution in [1.29, 1.82) is 0 Å². The Kier molecular flexibility index (Phi) is 4.28. The van der Waals surface area contributed by atoms with Gasteiger partial charge >= 0.3 is 5.97 Å². The Bertz CT molecular complexity index is 721. The quantitative estimate of drug-likeness (QED) is 0.720. The summed E-state index contributed by atoms with van der Waals surface area (Å²) in [7, 11) is 0. The van der Waals surface area contributed by atoms with Crippen molar-refractivity contribution in [3.63, 3.8) is 0 Å². The van der Waals surface area contributed by atoms with E-state index in [9.17, 15) is 4.79 Å². The maximum atomic E-state index is 11.0. The van der Waals surface area contributed by atoms with Crippen LogP contribution in [0.2, 0.25) is 0 Å². The van der Waals surface area contributed by atoms with Gasteiger partial charge < -0.3 is 10.0 Å². The van der Waals surface area contributed by atoms with Crippen LogP contribution in [0.4, 0.5) is 11.4 Å². The smallest absolute Gasteiger partial charge is 0.305 e. The molecular weight excluding hydrogens is 418 g/mol. The molecule has 1 aliphatic rings. The van der Waals surface area contributed by atoms with Crippen LogP contribution < -0.4 is 4.90 Å². The maximum absolute atomic E-state index is 11.0. The zero-order valence-electron chi connectivity index (χ0n) is 10.8. The van der Waals surface area contributed by atoms with Gasteiger partial charge in [-0.25, -0.2) is 0 Å². The van der Waals surface area contributed by atoms with Crippen molar-refractivity contribution in [2.45, 2.75) is 16.2 Å². The number of carboxylic acids is 1. The third-order valence-electron chi connectivity index (χ3n) is 3.23. The standard InChI is InChI=1S/C15H11Br2NO2S/c16-9-5-6-12-15(14(9)17)18(8-7-13(19)20)10-3-1-2-4-11(10)21-12/h1-6H,7-8H2,(H,19,20). The fraction of sp³-hybridized carbons (Fsp3) is 0.133. The molecule has 1 N–H and O–H groups in total. The van der Waals surface area contributed by atoms with Gasteiger partial charge in [-0.2, -0.15) is 0 Å². The molecule has 0 unspecified atom stereocenters. The Morgan fingerprint density at radius 3 is 2.67 bits per heavy atom. The SMILES string of the molecule is O=C(O)CCN1c2ccccc2Sc2ccc(Br)c(Br)c21. The van der Waals surface area contributed by atoms with Crippen LogP contribution in [-0.2, 0) is 4.79 Å². The molecule has 0 aromatic heterocycles. The maximum Gasteiger partial charge on any atom is 0.305 e. The highest BCUT2D eigenvalue weighted by Gasteiger charge is 2.26. The number of hydrogen-bond donors (Lipinski definition) is 1. The number of benzene rings is 2. The summed E-state index contributed by atoms with van der Waals surface area (Å²) in [6.45, 7) is 0.439. The summed E-state index contributed by atoms with van der Waals surface area (Å²) in [5.41, 5.74) is 2.07. The number of para-hydroxylation sites is 1. The number of nitrogens with zero attached hydrogens (tertiary/aromatic N) is 1. The molecule has 3 nitrogen and oxygen atoms in total. The van der Waals surface area contributed by atoms with Crippen LogP contribution in [-0.4, -0.2) is 17.6 Å². The molecule has 1 heterocycles. The van der Waals surface area contributed by atoms with Crippen molar-refractivity contribution < 1.29 is 9.90 Å². The highest BCUT2D eigenvalue weighted by atomic mass is 79.9. The average molecular weight is 429 g/mol. The Hall–Kier alpha value is -0.980. The molecule has 0 amide bonds. The molecule has 0 fully saturated rings. The highest BCUT2D eigenvalue weighted by Crippen LogP contribution is 2.52. The second kappa shape index (κ2) is 6.02. The second-order valence-corrected chi connectivity index (χ2v) is 7.30.